The number of imidazole rings is 1. The van der Waals surface area contributed by atoms with Crippen LogP contribution in [0.15, 0.2) is 42.5 Å². The number of amides is 1. The van der Waals surface area contributed by atoms with E-state index in [0.717, 1.165) is 36.2 Å². The van der Waals surface area contributed by atoms with Gasteiger partial charge in [0.25, 0.3) is 0 Å². The molecule has 0 bridgehead atoms. The third-order valence-corrected chi connectivity index (χ3v) is 5.46. The summed E-state index contributed by atoms with van der Waals surface area (Å²) in [7, 11) is 1.71. The molecule has 30 heavy (non-hydrogen) atoms. The lowest BCUT2D eigenvalue weighted by atomic mass is 10.0. The van der Waals surface area contributed by atoms with E-state index in [1.165, 1.54) is 16.7 Å². The van der Waals surface area contributed by atoms with Gasteiger partial charge >= 0.3 is 0 Å². The standard InChI is InChI=1S/C24H32N4O2/c1-17-6-8-18(9-7-17)14-19-10-11-20-21(15-19)28(12-5-13-30-4)22(27-20)16-26-24(2,3)23(25)29/h6-11,15,26H,5,12-14,16H2,1-4H3,(H2,25,29). The summed E-state index contributed by atoms with van der Waals surface area (Å²) in [6.45, 7) is 7.61. The third kappa shape index (κ3) is 5.26. The van der Waals surface area contributed by atoms with Gasteiger partial charge in [0.05, 0.1) is 23.1 Å². The molecule has 1 heterocycles. The van der Waals surface area contributed by atoms with Crippen molar-refractivity contribution in [2.75, 3.05) is 13.7 Å². The van der Waals surface area contributed by atoms with E-state index in [9.17, 15) is 4.79 Å². The van der Waals surface area contributed by atoms with Crippen LogP contribution in [0, 0.1) is 6.92 Å². The summed E-state index contributed by atoms with van der Waals surface area (Å²) in [4.78, 5) is 16.5. The second kappa shape index (κ2) is 9.41. The van der Waals surface area contributed by atoms with Gasteiger partial charge in [-0.3, -0.25) is 10.1 Å². The van der Waals surface area contributed by atoms with Gasteiger partial charge < -0.3 is 15.0 Å². The molecule has 6 nitrogen and oxygen atoms in total. The Balaban J connectivity index is 1.90. The molecule has 3 rings (SSSR count). The highest BCUT2D eigenvalue weighted by Crippen LogP contribution is 2.21. The number of nitrogens with zero attached hydrogens (tertiary/aromatic N) is 2. The summed E-state index contributed by atoms with van der Waals surface area (Å²) in [6.07, 6.45) is 1.76. The van der Waals surface area contributed by atoms with Crippen molar-refractivity contribution in [3.8, 4) is 0 Å². The number of fused-ring (bicyclic) bond motifs is 1. The van der Waals surface area contributed by atoms with Crippen molar-refractivity contribution in [3.05, 3.63) is 65.0 Å². The van der Waals surface area contributed by atoms with Crippen LogP contribution in [0.3, 0.4) is 0 Å². The Morgan fingerprint density at radius 3 is 2.53 bits per heavy atom. The normalized spacial score (nSPS) is 11.9. The average Bonchev–Trinajstić information content (AvgIpc) is 3.05. The van der Waals surface area contributed by atoms with E-state index in [-0.39, 0.29) is 5.91 Å². The maximum Gasteiger partial charge on any atom is 0.237 e. The zero-order chi connectivity index (χ0) is 21.7. The summed E-state index contributed by atoms with van der Waals surface area (Å²) in [5.74, 6) is 0.507. The van der Waals surface area contributed by atoms with Gasteiger partial charge in [-0.05, 0) is 56.9 Å². The molecule has 3 aromatic rings. The van der Waals surface area contributed by atoms with Crippen LogP contribution in [0.1, 0.15) is 42.8 Å². The topological polar surface area (TPSA) is 82.2 Å². The number of aryl methyl sites for hydroxylation is 2. The number of carbonyl (C=O) groups is 1. The van der Waals surface area contributed by atoms with Gasteiger partial charge in [-0.15, -0.1) is 0 Å². The first-order chi connectivity index (χ1) is 14.3. The number of methoxy groups -OCH3 is 1. The minimum atomic E-state index is -0.800. The van der Waals surface area contributed by atoms with Crippen LogP contribution in [0.25, 0.3) is 11.0 Å². The predicted molar refractivity (Wildman–Crippen MR) is 120 cm³/mol. The van der Waals surface area contributed by atoms with Gasteiger partial charge in [-0.2, -0.15) is 0 Å². The lowest BCUT2D eigenvalue weighted by molar-refractivity contribution is -0.123. The Kier molecular flexibility index (Phi) is 6.90. The third-order valence-electron chi connectivity index (χ3n) is 5.46. The Morgan fingerprint density at radius 2 is 1.87 bits per heavy atom. The maximum atomic E-state index is 11.7. The molecular formula is C24H32N4O2. The number of benzene rings is 2. The summed E-state index contributed by atoms with van der Waals surface area (Å²) < 4.78 is 7.46. The van der Waals surface area contributed by atoms with Gasteiger partial charge in [0.2, 0.25) is 5.91 Å². The van der Waals surface area contributed by atoms with Crippen LogP contribution in [0.4, 0.5) is 0 Å². The molecule has 3 N–H and O–H groups in total. The zero-order valence-electron chi connectivity index (χ0n) is 18.4. The zero-order valence-corrected chi connectivity index (χ0v) is 18.4. The first kappa shape index (κ1) is 22.0. The molecular weight excluding hydrogens is 376 g/mol. The number of nitrogens with two attached hydrogens (primary N) is 1. The van der Waals surface area contributed by atoms with E-state index in [4.69, 9.17) is 15.5 Å². The largest absolute Gasteiger partial charge is 0.385 e. The van der Waals surface area contributed by atoms with Crippen molar-refractivity contribution in [2.45, 2.75) is 52.2 Å². The van der Waals surface area contributed by atoms with Crippen LogP contribution in [-0.4, -0.2) is 34.7 Å². The molecule has 6 heteroatoms. The Labute approximate surface area is 178 Å². The van der Waals surface area contributed by atoms with Gasteiger partial charge in [-0.1, -0.05) is 35.9 Å². The van der Waals surface area contributed by atoms with Gasteiger partial charge in [-0.25, -0.2) is 4.98 Å². The fourth-order valence-corrected chi connectivity index (χ4v) is 3.41. The molecule has 0 fully saturated rings. The Hall–Kier alpha value is -2.70. The van der Waals surface area contributed by atoms with Crippen LogP contribution in [0.2, 0.25) is 0 Å². The molecule has 0 spiro atoms. The minimum Gasteiger partial charge on any atom is -0.385 e. The molecule has 0 saturated heterocycles. The van der Waals surface area contributed by atoms with Gasteiger partial charge in [0.15, 0.2) is 0 Å². The number of nitrogens with one attached hydrogen (secondary N) is 1. The molecule has 0 aliphatic heterocycles. The molecule has 0 atom stereocenters. The molecule has 1 aromatic heterocycles. The number of rotatable bonds is 10. The van der Waals surface area contributed by atoms with Gasteiger partial charge in [0, 0.05) is 20.3 Å². The second-order valence-electron chi connectivity index (χ2n) is 8.35. The summed E-state index contributed by atoms with van der Waals surface area (Å²) in [6, 6.07) is 15.1. The number of carbonyl (C=O) groups excluding carboxylic acids is 1. The average molecular weight is 409 g/mol. The number of ether oxygens (including phenoxy) is 1. The van der Waals surface area contributed by atoms with Crippen molar-refractivity contribution < 1.29 is 9.53 Å². The Morgan fingerprint density at radius 1 is 1.17 bits per heavy atom. The molecule has 0 saturated carbocycles. The first-order valence-electron chi connectivity index (χ1n) is 10.4. The van der Waals surface area contributed by atoms with Crippen molar-refractivity contribution in [1.29, 1.82) is 0 Å². The van der Waals surface area contributed by atoms with Crippen LogP contribution in [0.5, 0.6) is 0 Å². The first-order valence-corrected chi connectivity index (χ1v) is 10.4. The number of aromatic nitrogens is 2. The molecule has 0 radical (unpaired) electrons. The second-order valence-corrected chi connectivity index (χ2v) is 8.35. The molecule has 1 amide bonds. The molecule has 160 valence electrons. The summed E-state index contributed by atoms with van der Waals surface area (Å²) in [5.41, 5.74) is 10.6. The smallest absolute Gasteiger partial charge is 0.237 e. The van der Waals surface area contributed by atoms with E-state index < -0.39 is 5.54 Å². The lowest BCUT2D eigenvalue weighted by Crippen LogP contribution is -2.50. The van der Waals surface area contributed by atoms with Crippen molar-refractivity contribution in [2.24, 2.45) is 5.73 Å². The van der Waals surface area contributed by atoms with E-state index >= 15 is 0 Å². The highest BCUT2D eigenvalue weighted by Gasteiger charge is 2.25. The van der Waals surface area contributed by atoms with Gasteiger partial charge in [0.1, 0.15) is 5.82 Å². The number of primary amides is 1. The summed E-state index contributed by atoms with van der Waals surface area (Å²) >= 11 is 0. The van der Waals surface area contributed by atoms with Crippen LogP contribution < -0.4 is 11.1 Å². The summed E-state index contributed by atoms with van der Waals surface area (Å²) in [5, 5.41) is 3.24. The van der Waals surface area contributed by atoms with Crippen LogP contribution in [-0.2, 0) is 29.0 Å². The van der Waals surface area contributed by atoms with Crippen LogP contribution >= 0.6 is 0 Å². The highest BCUT2D eigenvalue weighted by molar-refractivity contribution is 5.83. The maximum absolute atomic E-state index is 11.7. The lowest BCUT2D eigenvalue weighted by Gasteiger charge is -2.22. The molecule has 0 aliphatic rings. The molecule has 0 unspecified atom stereocenters. The Bertz CT molecular complexity index is 1010. The monoisotopic (exact) mass is 408 g/mol. The van der Waals surface area contributed by atoms with E-state index in [1.807, 2.05) is 0 Å². The fourth-order valence-electron chi connectivity index (χ4n) is 3.41. The molecule has 2 aromatic carbocycles. The number of hydrogen-bond acceptors (Lipinski definition) is 4. The van der Waals surface area contributed by atoms with E-state index in [0.29, 0.717) is 13.2 Å². The quantitative estimate of drug-likeness (QED) is 0.504. The highest BCUT2D eigenvalue weighted by atomic mass is 16.5. The molecule has 0 aliphatic carbocycles. The van der Waals surface area contributed by atoms with E-state index in [1.54, 1.807) is 21.0 Å². The predicted octanol–water partition coefficient (Wildman–Crippen LogP) is 3.33. The fraction of sp³-hybridized carbons (Fsp3) is 0.417. The number of hydrogen-bond donors (Lipinski definition) is 2. The van der Waals surface area contributed by atoms with Crippen molar-refractivity contribution in [1.82, 2.24) is 14.9 Å². The van der Waals surface area contributed by atoms with Crippen molar-refractivity contribution in [3.63, 3.8) is 0 Å². The minimum absolute atomic E-state index is 0.384. The van der Waals surface area contributed by atoms with Crippen molar-refractivity contribution >= 4 is 16.9 Å². The van der Waals surface area contributed by atoms with E-state index in [2.05, 4.69) is 59.3 Å². The SMILES string of the molecule is COCCCn1c(CNC(C)(C)C(N)=O)nc2ccc(Cc3ccc(C)cc3)cc21.